The molecule has 0 amide bonds. The molecule has 0 radical (unpaired) electrons. The van der Waals surface area contributed by atoms with Gasteiger partial charge in [-0.15, -0.1) is 11.3 Å². The van der Waals surface area contributed by atoms with E-state index in [0.717, 1.165) is 6.42 Å². The van der Waals surface area contributed by atoms with Crippen molar-refractivity contribution in [2.75, 3.05) is 7.05 Å². The van der Waals surface area contributed by atoms with Gasteiger partial charge in [-0.1, -0.05) is 6.92 Å². The molecule has 0 saturated heterocycles. The molecule has 1 rings (SSSR count). The summed E-state index contributed by atoms with van der Waals surface area (Å²) in [6.07, 6.45) is -3.60. The van der Waals surface area contributed by atoms with E-state index < -0.39 is 11.2 Å². The number of nitrogens with zero attached hydrogens (tertiary/aromatic N) is 1. The van der Waals surface area contributed by atoms with Crippen molar-refractivity contribution in [2.45, 2.75) is 25.6 Å². The molecule has 0 bridgehead atoms. The van der Waals surface area contributed by atoms with E-state index in [-0.39, 0.29) is 6.04 Å². The van der Waals surface area contributed by atoms with Crippen LogP contribution >= 0.6 is 11.3 Å². The average Bonchev–Trinajstić information content (AvgIpc) is 2.54. The Balaban J connectivity index is 2.87. The third kappa shape index (κ3) is 2.45. The summed E-state index contributed by atoms with van der Waals surface area (Å²) in [7, 11) is 1.71. The van der Waals surface area contributed by atoms with Gasteiger partial charge in [0.25, 0.3) is 0 Å². The molecule has 0 aromatic carbocycles. The molecule has 1 N–H and O–H groups in total. The molecule has 0 aliphatic carbocycles. The van der Waals surface area contributed by atoms with Crippen LogP contribution in [0.1, 0.15) is 30.1 Å². The average molecular weight is 224 g/mol. The smallest absolute Gasteiger partial charge is 0.312 e. The second-order valence-corrected chi connectivity index (χ2v) is 3.68. The Labute approximate surface area is 84.2 Å². The number of hydrogen-bond donors (Lipinski definition) is 1. The van der Waals surface area contributed by atoms with Crippen molar-refractivity contribution in [1.82, 2.24) is 10.3 Å². The van der Waals surface area contributed by atoms with Crippen molar-refractivity contribution in [3.05, 3.63) is 16.1 Å². The highest BCUT2D eigenvalue weighted by molar-refractivity contribution is 7.09. The summed E-state index contributed by atoms with van der Waals surface area (Å²) < 4.78 is 36.6. The van der Waals surface area contributed by atoms with Crippen molar-refractivity contribution in [2.24, 2.45) is 0 Å². The van der Waals surface area contributed by atoms with Gasteiger partial charge in [0.05, 0.1) is 5.69 Å². The maximum absolute atomic E-state index is 12.2. The normalized spacial score (nSPS) is 14.4. The van der Waals surface area contributed by atoms with Crippen LogP contribution in [0.2, 0.25) is 0 Å². The second-order valence-electron chi connectivity index (χ2n) is 2.82. The minimum Gasteiger partial charge on any atom is -0.312 e. The summed E-state index contributed by atoms with van der Waals surface area (Å²) in [6.45, 7) is 1.90. The first-order valence-corrected chi connectivity index (χ1v) is 5.07. The van der Waals surface area contributed by atoms with E-state index >= 15 is 0 Å². The summed E-state index contributed by atoms with van der Waals surface area (Å²) in [6, 6.07) is -0.0950. The molecule has 1 atom stereocenters. The molecule has 14 heavy (non-hydrogen) atoms. The summed E-state index contributed by atoms with van der Waals surface area (Å²) in [5, 5.41) is 3.58. The molecule has 6 heteroatoms. The molecular weight excluding hydrogens is 213 g/mol. The van der Waals surface area contributed by atoms with Gasteiger partial charge in [-0.3, -0.25) is 0 Å². The molecule has 1 heterocycles. The SMILES string of the molecule is CCC(NC)c1csc(C(F)(F)F)n1. The van der Waals surface area contributed by atoms with Gasteiger partial charge in [0.15, 0.2) is 5.01 Å². The lowest BCUT2D eigenvalue weighted by Crippen LogP contribution is -2.16. The fourth-order valence-corrected chi connectivity index (χ4v) is 1.88. The van der Waals surface area contributed by atoms with E-state index in [1.165, 1.54) is 5.38 Å². The minimum atomic E-state index is -4.32. The van der Waals surface area contributed by atoms with Gasteiger partial charge in [0.2, 0.25) is 0 Å². The summed E-state index contributed by atoms with van der Waals surface area (Å²) in [5.74, 6) is 0. The highest BCUT2D eigenvalue weighted by Gasteiger charge is 2.34. The first-order valence-electron chi connectivity index (χ1n) is 4.19. The Morgan fingerprint density at radius 3 is 2.57 bits per heavy atom. The van der Waals surface area contributed by atoms with Gasteiger partial charge in [-0.2, -0.15) is 13.2 Å². The molecule has 0 spiro atoms. The highest BCUT2D eigenvalue weighted by Crippen LogP contribution is 2.33. The molecule has 2 nitrogen and oxygen atoms in total. The quantitative estimate of drug-likeness (QED) is 0.854. The number of halogens is 3. The number of thiazole rings is 1. The van der Waals surface area contributed by atoms with Gasteiger partial charge < -0.3 is 5.32 Å². The number of alkyl halides is 3. The van der Waals surface area contributed by atoms with E-state index in [2.05, 4.69) is 10.3 Å². The first-order chi connectivity index (χ1) is 6.49. The van der Waals surface area contributed by atoms with Crippen LogP contribution in [0.25, 0.3) is 0 Å². The zero-order chi connectivity index (χ0) is 10.8. The Hall–Kier alpha value is -0.620. The number of nitrogens with one attached hydrogen (secondary N) is 1. The van der Waals surface area contributed by atoms with Gasteiger partial charge in [-0.25, -0.2) is 4.98 Å². The third-order valence-corrected chi connectivity index (χ3v) is 2.78. The maximum Gasteiger partial charge on any atom is 0.443 e. The number of aromatic nitrogens is 1. The Morgan fingerprint density at radius 1 is 1.57 bits per heavy atom. The molecule has 0 fully saturated rings. The summed E-state index contributed by atoms with van der Waals surface area (Å²) in [5.41, 5.74) is 0.465. The van der Waals surface area contributed by atoms with E-state index in [0.29, 0.717) is 17.0 Å². The van der Waals surface area contributed by atoms with Crippen molar-refractivity contribution in [3.63, 3.8) is 0 Å². The standard InChI is InChI=1S/C8H11F3N2S/c1-3-5(12-2)6-4-14-7(13-6)8(9,10)11/h4-5,12H,3H2,1-2H3. The lowest BCUT2D eigenvalue weighted by Gasteiger charge is -2.09. The summed E-state index contributed by atoms with van der Waals surface area (Å²) >= 11 is 0.639. The van der Waals surface area contributed by atoms with Crippen LogP contribution in [0.15, 0.2) is 5.38 Å². The Bertz CT molecular complexity index is 291. The highest BCUT2D eigenvalue weighted by atomic mass is 32.1. The fourth-order valence-electron chi connectivity index (χ4n) is 1.14. The molecule has 0 aliphatic rings. The Kier molecular flexibility index (Phi) is 3.49. The first kappa shape index (κ1) is 11.5. The second kappa shape index (κ2) is 4.27. The van der Waals surface area contributed by atoms with Crippen LogP contribution < -0.4 is 5.32 Å². The van der Waals surface area contributed by atoms with Gasteiger partial charge in [0.1, 0.15) is 0 Å². The number of rotatable bonds is 3. The molecule has 1 aromatic heterocycles. The van der Waals surface area contributed by atoms with E-state index in [1.54, 1.807) is 7.05 Å². The van der Waals surface area contributed by atoms with Crippen LogP contribution in [0.3, 0.4) is 0 Å². The zero-order valence-electron chi connectivity index (χ0n) is 7.85. The molecule has 0 aliphatic heterocycles. The van der Waals surface area contributed by atoms with Crippen LogP contribution in [-0.2, 0) is 6.18 Å². The molecule has 1 aromatic rings. The van der Waals surface area contributed by atoms with E-state index in [1.807, 2.05) is 6.92 Å². The lowest BCUT2D eigenvalue weighted by molar-refractivity contribution is -0.137. The fraction of sp³-hybridized carbons (Fsp3) is 0.625. The summed E-state index contributed by atoms with van der Waals surface area (Å²) in [4.78, 5) is 3.55. The van der Waals surface area contributed by atoms with Crippen molar-refractivity contribution >= 4 is 11.3 Å². The third-order valence-electron chi connectivity index (χ3n) is 1.88. The molecule has 1 unspecified atom stereocenters. The topological polar surface area (TPSA) is 24.9 Å². The van der Waals surface area contributed by atoms with Crippen molar-refractivity contribution in [1.29, 1.82) is 0 Å². The predicted octanol–water partition coefficient (Wildman–Crippen LogP) is 2.83. The lowest BCUT2D eigenvalue weighted by atomic mass is 10.2. The van der Waals surface area contributed by atoms with E-state index in [9.17, 15) is 13.2 Å². The monoisotopic (exact) mass is 224 g/mol. The molecular formula is C8H11F3N2S. The largest absolute Gasteiger partial charge is 0.443 e. The van der Waals surface area contributed by atoms with Gasteiger partial charge in [-0.05, 0) is 13.5 Å². The van der Waals surface area contributed by atoms with Crippen LogP contribution in [0, 0.1) is 0 Å². The van der Waals surface area contributed by atoms with Crippen LogP contribution in [0.5, 0.6) is 0 Å². The Morgan fingerprint density at radius 2 is 2.21 bits per heavy atom. The number of hydrogen-bond acceptors (Lipinski definition) is 3. The van der Waals surface area contributed by atoms with E-state index in [4.69, 9.17) is 0 Å². The maximum atomic E-state index is 12.2. The van der Waals surface area contributed by atoms with Gasteiger partial charge >= 0.3 is 6.18 Å². The van der Waals surface area contributed by atoms with Crippen molar-refractivity contribution < 1.29 is 13.2 Å². The minimum absolute atomic E-state index is 0.0950. The predicted molar refractivity (Wildman–Crippen MR) is 49.2 cm³/mol. The van der Waals surface area contributed by atoms with Crippen LogP contribution in [-0.4, -0.2) is 12.0 Å². The molecule has 0 saturated carbocycles. The van der Waals surface area contributed by atoms with Gasteiger partial charge in [0, 0.05) is 11.4 Å². The molecule has 80 valence electrons. The van der Waals surface area contributed by atoms with Crippen molar-refractivity contribution in [3.8, 4) is 0 Å². The van der Waals surface area contributed by atoms with Crippen LogP contribution in [0.4, 0.5) is 13.2 Å². The zero-order valence-corrected chi connectivity index (χ0v) is 8.67.